The van der Waals surface area contributed by atoms with Gasteiger partial charge in [-0.3, -0.25) is 0 Å². The fraction of sp³-hybridized carbons (Fsp3) is 0. The van der Waals surface area contributed by atoms with Gasteiger partial charge in [0, 0.05) is 50.5 Å². The molecule has 0 amide bonds. The first-order chi connectivity index (χ1) is 32.3. The Labute approximate surface area is 378 Å². The predicted molar refractivity (Wildman–Crippen MR) is 276 cm³/mol. The Kier molecular flexibility index (Phi) is 9.50. The van der Waals surface area contributed by atoms with E-state index in [0.29, 0.717) is 0 Å². The van der Waals surface area contributed by atoms with Gasteiger partial charge >= 0.3 is 0 Å². The summed E-state index contributed by atoms with van der Waals surface area (Å²) in [6.45, 7) is 0. The normalized spacial score (nSPS) is 11.4. The van der Waals surface area contributed by atoms with E-state index in [2.05, 4.69) is 275 Å². The number of fused-ring (bicyclic) bond motifs is 6. The molecule has 0 radical (unpaired) electrons. The number of rotatable bonds is 9. The summed E-state index contributed by atoms with van der Waals surface area (Å²) in [5.74, 6) is 0. The first kappa shape index (κ1) is 38.0. The lowest BCUT2D eigenvalue weighted by molar-refractivity contribution is 1.18. The average Bonchev–Trinajstić information content (AvgIpc) is 3.71. The molecule has 0 saturated heterocycles. The minimum Gasteiger partial charge on any atom is -0.310 e. The molecule has 0 saturated carbocycles. The van der Waals surface area contributed by atoms with Crippen LogP contribution in [0, 0.1) is 0 Å². The van der Waals surface area contributed by atoms with Gasteiger partial charge < -0.3 is 14.4 Å². The second-order valence-electron chi connectivity index (χ2n) is 16.5. The third kappa shape index (κ3) is 6.78. The lowest BCUT2D eigenvalue weighted by atomic mass is 9.92. The van der Waals surface area contributed by atoms with Crippen LogP contribution in [0.4, 0.5) is 34.1 Å². The molecule has 12 aromatic rings. The summed E-state index contributed by atoms with van der Waals surface area (Å²) in [6, 6.07) is 94.6. The largest absolute Gasteiger partial charge is 0.310 e. The molecule has 0 spiro atoms. The van der Waals surface area contributed by atoms with Crippen molar-refractivity contribution in [3.63, 3.8) is 0 Å². The predicted octanol–water partition coefficient (Wildman–Crippen LogP) is 17.4. The summed E-state index contributed by atoms with van der Waals surface area (Å²) in [5.41, 5.74) is 14.5. The zero-order valence-corrected chi connectivity index (χ0v) is 35.7. The molecular weight excluding hydrogens is 787 g/mol. The Bertz CT molecular complexity index is 3650. The van der Waals surface area contributed by atoms with Crippen molar-refractivity contribution in [2.75, 3.05) is 9.80 Å². The van der Waals surface area contributed by atoms with E-state index >= 15 is 0 Å². The van der Waals surface area contributed by atoms with E-state index in [1.165, 1.54) is 43.4 Å². The highest BCUT2D eigenvalue weighted by molar-refractivity contribution is 6.14. The number of nitrogens with zero attached hydrogens (tertiary/aromatic N) is 3. The SMILES string of the molecule is c1ccc(-c2ccccc2N(c2ccccc2)c2cc(-c3cc4ccccc4c4ccccc34)cc(N(c3ccccc3)c3ccc4c5ccccc5n(-c5ccccc5)c4c3)c2)cc1. The van der Waals surface area contributed by atoms with Crippen LogP contribution in [0.2, 0.25) is 0 Å². The van der Waals surface area contributed by atoms with Crippen molar-refractivity contribution < 1.29 is 0 Å². The molecule has 0 aliphatic heterocycles. The molecule has 65 heavy (non-hydrogen) atoms. The second-order valence-corrected chi connectivity index (χ2v) is 16.5. The number of hydrogen-bond acceptors (Lipinski definition) is 2. The molecular formula is C62H43N3. The van der Waals surface area contributed by atoms with Crippen molar-refractivity contribution in [1.29, 1.82) is 0 Å². The van der Waals surface area contributed by atoms with E-state index in [9.17, 15) is 0 Å². The first-order valence-electron chi connectivity index (χ1n) is 22.3. The molecule has 0 unspecified atom stereocenters. The van der Waals surface area contributed by atoms with Gasteiger partial charge in [0.25, 0.3) is 0 Å². The minimum atomic E-state index is 1.04. The fourth-order valence-electron chi connectivity index (χ4n) is 9.81. The molecule has 0 bridgehead atoms. The summed E-state index contributed by atoms with van der Waals surface area (Å²) in [4.78, 5) is 4.85. The van der Waals surface area contributed by atoms with Gasteiger partial charge in [0.1, 0.15) is 0 Å². The van der Waals surface area contributed by atoms with Crippen LogP contribution in [0.15, 0.2) is 261 Å². The summed E-state index contributed by atoms with van der Waals surface area (Å²) in [5, 5.41) is 7.35. The van der Waals surface area contributed by atoms with Crippen LogP contribution < -0.4 is 9.80 Å². The van der Waals surface area contributed by atoms with E-state index in [1.54, 1.807) is 0 Å². The van der Waals surface area contributed by atoms with Crippen LogP contribution in [0.3, 0.4) is 0 Å². The molecule has 3 nitrogen and oxygen atoms in total. The molecule has 306 valence electrons. The van der Waals surface area contributed by atoms with Crippen LogP contribution in [-0.4, -0.2) is 4.57 Å². The molecule has 11 aromatic carbocycles. The van der Waals surface area contributed by atoms with Gasteiger partial charge in [-0.25, -0.2) is 0 Å². The molecule has 0 aliphatic rings. The van der Waals surface area contributed by atoms with Crippen molar-refractivity contribution in [2.24, 2.45) is 0 Å². The van der Waals surface area contributed by atoms with E-state index in [1.807, 2.05) is 0 Å². The smallest absolute Gasteiger partial charge is 0.0561 e. The zero-order valence-electron chi connectivity index (χ0n) is 35.7. The highest BCUT2D eigenvalue weighted by Gasteiger charge is 2.23. The monoisotopic (exact) mass is 829 g/mol. The lowest BCUT2D eigenvalue weighted by Crippen LogP contribution is -2.14. The summed E-state index contributed by atoms with van der Waals surface area (Å²) < 4.78 is 2.40. The van der Waals surface area contributed by atoms with E-state index in [4.69, 9.17) is 0 Å². The average molecular weight is 830 g/mol. The number of anilines is 6. The van der Waals surface area contributed by atoms with Crippen molar-refractivity contribution in [1.82, 2.24) is 4.57 Å². The third-order valence-electron chi connectivity index (χ3n) is 12.7. The molecule has 0 N–H and O–H groups in total. The van der Waals surface area contributed by atoms with Gasteiger partial charge in [0.05, 0.1) is 16.7 Å². The summed E-state index contributed by atoms with van der Waals surface area (Å²) in [6.07, 6.45) is 0. The van der Waals surface area contributed by atoms with Gasteiger partial charge in [-0.15, -0.1) is 0 Å². The number of aromatic nitrogens is 1. The lowest BCUT2D eigenvalue weighted by Gasteiger charge is -2.31. The molecule has 0 fully saturated rings. The molecule has 12 rings (SSSR count). The zero-order chi connectivity index (χ0) is 43.1. The van der Waals surface area contributed by atoms with Crippen molar-refractivity contribution in [3.05, 3.63) is 261 Å². The van der Waals surface area contributed by atoms with Crippen LogP contribution in [0.25, 0.3) is 71.3 Å². The number of para-hydroxylation sites is 5. The second kappa shape index (κ2) is 16.2. The fourth-order valence-corrected chi connectivity index (χ4v) is 9.81. The molecule has 3 heteroatoms. The van der Waals surface area contributed by atoms with Crippen LogP contribution >= 0.6 is 0 Å². The van der Waals surface area contributed by atoms with Gasteiger partial charge in [0.2, 0.25) is 0 Å². The van der Waals surface area contributed by atoms with Crippen molar-refractivity contribution in [3.8, 4) is 27.9 Å². The van der Waals surface area contributed by atoms with Crippen LogP contribution in [-0.2, 0) is 0 Å². The standard InChI is InChI=1S/C62H43N3/c1-5-21-44(22-6-1)54-31-17-19-35-60(54)64(48-26-9-3-10-27-48)52-40-46(59-41-45-23-13-14-30-53(45)55-32-15-16-33-56(55)59)39-51(42-52)63(47-24-7-2-8-25-47)50-37-38-58-57-34-18-20-36-61(57)65(62(58)43-50)49-28-11-4-12-29-49/h1-43H. The topological polar surface area (TPSA) is 11.4 Å². The molecule has 0 aliphatic carbocycles. The maximum absolute atomic E-state index is 2.43. The molecule has 0 atom stereocenters. The maximum Gasteiger partial charge on any atom is 0.0561 e. The molecule has 1 heterocycles. The minimum absolute atomic E-state index is 1.04. The highest BCUT2D eigenvalue weighted by Crippen LogP contribution is 2.47. The van der Waals surface area contributed by atoms with E-state index in [0.717, 1.165) is 62.0 Å². The Balaban J connectivity index is 1.17. The summed E-state index contributed by atoms with van der Waals surface area (Å²) >= 11 is 0. The van der Waals surface area contributed by atoms with E-state index in [-0.39, 0.29) is 0 Å². The first-order valence-corrected chi connectivity index (χ1v) is 22.3. The van der Waals surface area contributed by atoms with E-state index < -0.39 is 0 Å². The van der Waals surface area contributed by atoms with Crippen LogP contribution in [0.1, 0.15) is 0 Å². The highest BCUT2D eigenvalue weighted by atomic mass is 15.2. The van der Waals surface area contributed by atoms with Gasteiger partial charge in [-0.05, 0) is 123 Å². The van der Waals surface area contributed by atoms with Crippen molar-refractivity contribution in [2.45, 2.75) is 0 Å². The van der Waals surface area contributed by atoms with Crippen LogP contribution in [0.5, 0.6) is 0 Å². The maximum atomic E-state index is 2.43. The Hall–Kier alpha value is -8.66. The Morgan fingerprint density at radius 1 is 0.262 bits per heavy atom. The third-order valence-corrected chi connectivity index (χ3v) is 12.7. The summed E-state index contributed by atoms with van der Waals surface area (Å²) in [7, 11) is 0. The van der Waals surface area contributed by atoms with Crippen molar-refractivity contribution >= 4 is 77.5 Å². The Morgan fingerprint density at radius 2 is 0.800 bits per heavy atom. The molecule has 1 aromatic heterocycles. The van der Waals surface area contributed by atoms with Gasteiger partial charge in [0.15, 0.2) is 0 Å². The van der Waals surface area contributed by atoms with Gasteiger partial charge in [-0.2, -0.15) is 0 Å². The number of benzene rings is 11. The van der Waals surface area contributed by atoms with Gasteiger partial charge in [-0.1, -0.05) is 176 Å². The quantitative estimate of drug-likeness (QED) is 0.134. The number of hydrogen-bond donors (Lipinski definition) is 0. The Morgan fingerprint density at radius 3 is 1.54 bits per heavy atom.